The zero-order valence-corrected chi connectivity index (χ0v) is 15.5. The van der Waals surface area contributed by atoms with Gasteiger partial charge in [-0.1, -0.05) is 30.4 Å². The van der Waals surface area contributed by atoms with Crippen molar-refractivity contribution in [2.75, 3.05) is 7.11 Å². The van der Waals surface area contributed by atoms with E-state index in [2.05, 4.69) is 0 Å². The lowest BCUT2D eigenvalue weighted by molar-refractivity contribution is -0.131. The molecule has 26 heavy (non-hydrogen) atoms. The van der Waals surface area contributed by atoms with E-state index in [-0.39, 0.29) is 16.2 Å². The minimum absolute atomic E-state index is 0.00929. The Hall–Kier alpha value is -2.64. The van der Waals surface area contributed by atoms with Crippen LogP contribution in [0.4, 0.5) is 0 Å². The molecule has 0 bridgehead atoms. The van der Waals surface area contributed by atoms with Crippen molar-refractivity contribution in [3.8, 4) is 5.75 Å². The predicted octanol–water partition coefficient (Wildman–Crippen LogP) is 3.50. The number of esters is 2. The fourth-order valence-corrected chi connectivity index (χ4v) is 2.87. The fraction of sp³-hybridized carbons (Fsp3) is 0.111. The van der Waals surface area contributed by atoms with E-state index in [0.29, 0.717) is 5.56 Å². The average Bonchev–Trinajstić information content (AvgIpc) is 2.59. The number of carbonyl (C=O) groups is 2. The number of halogens is 1. The lowest BCUT2D eigenvalue weighted by Crippen LogP contribution is -2.09. The normalized spacial score (nSPS) is 11.3. The minimum atomic E-state index is -3.76. The first kappa shape index (κ1) is 19.7. The van der Waals surface area contributed by atoms with Gasteiger partial charge in [-0.2, -0.15) is 0 Å². The van der Waals surface area contributed by atoms with Crippen LogP contribution in [0.5, 0.6) is 5.75 Å². The van der Waals surface area contributed by atoms with Crippen LogP contribution in [0.2, 0.25) is 0 Å². The smallest absolute Gasteiger partial charge is 0.341 e. The Labute approximate surface area is 155 Å². The summed E-state index contributed by atoms with van der Waals surface area (Å²) >= 11 is 0. The summed E-state index contributed by atoms with van der Waals surface area (Å²) in [6, 6.07) is 10.7. The molecule has 0 unspecified atom stereocenters. The Morgan fingerprint density at radius 1 is 1.00 bits per heavy atom. The Bertz CT molecular complexity index is 962. The van der Waals surface area contributed by atoms with E-state index in [1.54, 1.807) is 30.4 Å². The number of hydrogen-bond acceptors (Lipinski definition) is 6. The highest BCUT2D eigenvalue weighted by Crippen LogP contribution is 2.23. The molecule has 0 saturated heterocycles. The quantitative estimate of drug-likeness (QED) is 0.334. The van der Waals surface area contributed by atoms with Gasteiger partial charge in [0, 0.05) is 17.6 Å². The molecule has 0 atom stereocenters. The number of ether oxygens (including phenoxy) is 2. The lowest BCUT2D eigenvalue weighted by Gasteiger charge is -2.08. The molecule has 0 saturated carbocycles. The Balaban J connectivity index is 2.30. The minimum Gasteiger partial charge on any atom is -0.465 e. The molecular formula is C18H15ClO6S. The zero-order chi connectivity index (χ0) is 19.3. The predicted molar refractivity (Wildman–Crippen MR) is 97.5 cm³/mol. The number of hydrogen-bond donors (Lipinski definition) is 0. The highest BCUT2D eigenvalue weighted by Gasteiger charge is 2.15. The van der Waals surface area contributed by atoms with Gasteiger partial charge < -0.3 is 9.47 Å². The van der Waals surface area contributed by atoms with Crippen LogP contribution in [-0.4, -0.2) is 27.5 Å². The van der Waals surface area contributed by atoms with Crippen molar-refractivity contribution in [1.82, 2.24) is 0 Å². The molecular weight excluding hydrogens is 380 g/mol. The van der Waals surface area contributed by atoms with Crippen LogP contribution in [-0.2, 0) is 18.6 Å². The second kappa shape index (κ2) is 8.16. The Morgan fingerprint density at radius 3 is 2.12 bits per heavy atom. The summed E-state index contributed by atoms with van der Waals surface area (Å²) in [6.07, 6.45) is 3.45. The number of carbonyl (C=O) groups excluding carboxylic acids is 2. The van der Waals surface area contributed by atoms with Crippen molar-refractivity contribution in [3.05, 3.63) is 59.2 Å². The van der Waals surface area contributed by atoms with Crippen LogP contribution < -0.4 is 4.74 Å². The third-order valence-electron chi connectivity index (χ3n) is 3.29. The summed E-state index contributed by atoms with van der Waals surface area (Å²) in [6.45, 7) is 1.24. The fourth-order valence-electron chi connectivity index (χ4n) is 2.10. The van der Waals surface area contributed by atoms with Gasteiger partial charge in [0.25, 0.3) is 9.05 Å². The monoisotopic (exact) mass is 394 g/mol. The third kappa shape index (κ3) is 5.18. The standard InChI is InChI=1S/C18H15ClO6S/c1-12(20)25-17-10-7-14(11-16(17)18(21)24-2)4-3-13-5-8-15(9-6-13)26(19,22)23/h3-11H,1-2H3. The largest absolute Gasteiger partial charge is 0.465 e. The van der Waals surface area contributed by atoms with Crippen molar-refractivity contribution in [3.63, 3.8) is 0 Å². The van der Waals surface area contributed by atoms with Gasteiger partial charge in [-0.3, -0.25) is 4.79 Å². The summed E-state index contributed by atoms with van der Waals surface area (Å²) in [5.74, 6) is -1.07. The number of benzene rings is 2. The second-order valence-corrected chi connectivity index (χ2v) is 7.75. The molecule has 2 aromatic rings. The van der Waals surface area contributed by atoms with Crippen molar-refractivity contribution >= 4 is 43.8 Å². The first-order valence-electron chi connectivity index (χ1n) is 7.34. The molecule has 0 radical (unpaired) electrons. The lowest BCUT2D eigenvalue weighted by atomic mass is 10.1. The molecule has 0 heterocycles. The Morgan fingerprint density at radius 2 is 1.58 bits per heavy atom. The third-order valence-corrected chi connectivity index (χ3v) is 4.66. The van der Waals surface area contributed by atoms with E-state index < -0.39 is 21.0 Å². The van der Waals surface area contributed by atoms with Crippen LogP contribution >= 0.6 is 10.7 Å². The van der Waals surface area contributed by atoms with E-state index in [9.17, 15) is 18.0 Å². The van der Waals surface area contributed by atoms with Crippen molar-refractivity contribution < 1.29 is 27.5 Å². The van der Waals surface area contributed by atoms with Gasteiger partial charge >= 0.3 is 11.9 Å². The van der Waals surface area contributed by atoms with Gasteiger partial charge in [-0.15, -0.1) is 0 Å². The maximum atomic E-state index is 11.9. The van der Waals surface area contributed by atoms with Gasteiger partial charge in [-0.25, -0.2) is 13.2 Å². The topological polar surface area (TPSA) is 86.7 Å². The van der Waals surface area contributed by atoms with Crippen LogP contribution in [0.25, 0.3) is 12.2 Å². The molecule has 2 rings (SSSR count). The van der Waals surface area contributed by atoms with E-state index in [4.69, 9.17) is 20.2 Å². The number of rotatable bonds is 5. The maximum absolute atomic E-state index is 11.9. The van der Waals surface area contributed by atoms with Crippen LogP contribution in [0.15, 0.2) is 47.4 Å². The first-order valence-corrected chi connectivity index (χ1v) is 9.65. The average molecular weight is 395 g/mol. The van der Waals surface area contributed by atoms with Crippen LogP contribution in [0.1, 0.15) is 28.4 Å². The molecule has 0 fully saturated rings. The second-order valence-electron chi connectivity index (χ2n) is 5.18. The van der Waals surface area contributed by atoms with E-state index in [1.807, 2.05) is 0 Å². The summed E-state index contributed by atoms with van der Waals surface area (Å²) in [7, 11) is 2.74. The van der Waals surface area contributed by atoms with Crippen LogP contribution in [0.3, 0.4) is 0 Å². The molecule has 0 amide bonds. The number of methoxy groups -OCH3 is 1. The highest BCUT2D eigenvalue weighted by molar-refractivity contribution is 8.13. The Kier molecular flexibility index (Phi) is 6.18. The molecule has 0 aromatic heterocycles. The highest BCUT2D eigenvalue weighted by atomic mass is 35.7. The van der Waals surface area contributed by atoms with Crippen molar-refractivity contribution in [2.45, 2.75) is 11.8 Å². The molecule has 8 heteroatoms. The van der Waals surface area contributed by atoms with E-state index in [0.717, 1.165) is 5.56 Å². The molecule has 2 aromatic carbocycles. The zero-order valence-electron chi connectivity index (χ0n) is 13.9. The summed E-state index contributed by atoms with van der Waals surface area (Å²) < 4.78 is 32.2. The van der Waals surface area contributed by atoms with Gasteiger partial charge in [0.15, 0.2) is 0 Å². The molecule has 0 aliphatic carbocycles. The summed E-state index contributed by atoms with van der Waals surface area (Å²) in [5.41, 5.74) is 1.52. The van der Waals surface area contributed by atoms with Gasteiger partial charge in [-0.05, 0) is 35.4 Å². The molecule has 0 aliphatic heterocycles. The molecule has 6 nitrogen and oxygen atoms in total. The summed E-state index contributed by atoms with van der Waals surface area (Å²) in [4.78, 5) is 23.0. The summed E-state index contributed by atoms with van der Waals surface area (Å²) in [5, 5.41) is 0. The molecule has 0 aliphatic rings. The van der Waals surface area contributed by atoms with Gasteiger partial charge in [0.2, 0.25) is 0 Å². The SMILES string of the molecule is COC(=O)c1cc(C=Cc2ccc(S(=O)(=O)Cl)cc2)ccc1OC(C)=O. The molecule has 0 spiro atoms. The van der Waals surface area contributed by atoms with Gasteiger partial charge in [0.05, 0.1) is 12.0 Å². The van der Waals surface area contributed by atoms with E-state index >= 15 is 0 Å². The van der Waals surface area contributed by atoms with Crippen molar-refractivity contribution in [2.24, 2.45) is 0 Å². The van der Waals surface area contributed by atoms with Crippen LogP contribution in [0, 0.1) is 0 Å². The maximum Gasteiger partial charge on any atom is 0.341 e. The van der Waals surface area contributed by atoms with Gasteiger partial charge in [0.1, 0.15) is 11.3 Å². The molecule has 0 N–H and O–H groups in total. The molecule has 136 valence electrons. The van der Waals surface area contributed by atoms with E-state index in [1.165, 1.54) is 38.3 Å². The first-order chi connectivity index (χ1) is 12.2. The van der Waals surface area contributed by atoms with Crippen molar-refractivity contribution in [1.29, 1.82) is 0 Å².